The second kappa shape index (κ2) is 4.53. The van der Waals surface area contributed by atoms with Crippen LogP contribution in [0.5, 0.6) is 0 Å². The van der Waals surface area contributed by atoms with Crippen LogP contribution in [0.1, 0.15) is 29.5 Å². The molecule has 0 aliphatic rings. The van der Waals surface area contributed by atoms with Gasteiger partial charge in [-0.1, -0.05) is 0 Å². The SMILES string of the molecule is Cc1occc1C(O)CCc1ccnn1C. The summed E-state index contributed by atoms with van der Waals surface area (Å²) in [5, 5.41) is 14.1. The Morgan fingerprint density at radius 2 is 2.31 bits per heavy atom. The summed E-state index contributed by atoms with van der Waals surface area (Å²) in [5.41, 5.74) is 2.00. The number of furan rings is 1. The van der Waals surface area contributed by atoms with E-state index in [-0.39, 0.29) is 0 Å². The predicted molar refractivity (Wildman–Crippen MR) is 59.9 cm³/mol. The molecular weight excluding hydrogens is 204 g/mol. The topological polar surface area (TPSA) is 51.2 Å². The van der Waals surface area contributed by atoms with Gasteiger partial charge in [-0.25, -0.2) is 0 Å². The summed E-state index contributed by atoms with van der Waals surface area (Å²) >= 11 is 0. The van der Waals surface area contributed by atoms with Gasteiger partial charge in [-0.3, -0.25) is 4.68 Å². The first kappa shape index (κ1) is 11.0. The highest BCUT2D eigenvalue weighted by Gasteiger charge is 2.13. The van der Waals surface area contributed by atoms with Gasteiger partial charge in [-0.2, -0.15) is 5.10 Å². The molecule has 4 heteroatoms. The van der Waals surface area contributed by atoms with Crippen LogP contribution in [0.3, 0.4) is 0 Å². The highest BCUT2D eigenvalue weighted by atomic mass is 16.3. The molecule has 0 bridgehead atoms. The number of hydrogen-bond donors (Lipinski definition) is 1. The second-order valence-electron chi connectivity index (χ2n) is 3.93. The molecule has 0 aliphatic carbocycles. The van der Waals surface area contributed by atoms with Crippen LogP contribution >= 0.6 is 0 Å². The van der Waals surface area contributed by atoms with E-state index >= 15 is 0 Å². The number of aryl methyl sites for hydroxylation is 3. The largest absolute Gasteiger partial charge is 0.469 e. The molecule has 0 amide bonds. The lowest BCUT2D eigenvalue weighted by molar-refractivity contribution is 0.165. The maximum Gasteiger partial charge on any atom is 0.106 e. The van der Waals surface area contributed by atoms with Crippen molar-refractivity contribution < 1.29 is 9.52 Å². The van der Waals surface area contributed by atoms with Crippen molar-refractivity contribution in [3.63, 3.8) is 0 Å². The van der Waals surface area contributed by atoms with Gasteiger partial charge >= 0.3 is 0 Å². The number of aliphatic hydroxyl groups excluding tert-OH is 1. The van der Waals surface area contributed by atoms with E-state index in [1.165, 1.54) is 0 Å². The van der Waals surface area contributed by atoms with E-state index in [0.717, 1.165) is 23.4 Å². The first-order valence-corrected chi connectivity index (χ1v) is 5.37. The summed E-state index contributed by atoms with van der Waals surface area (Å²) in [7, 11) is 1.91. The number of rotatable bonds is 4. The Balaban J connectivity index is 1.97. The van der Waals surface area contributed by atoms with Crippen molar-refractivity contribution in [1.82, 2.24) is 9.78 Å². The van der Waals surface area contributed by atoms with Gasteiger partial charge in [0.05, 0.1) is 12.4 Å². The first-order valence-electron chi connectivity index (χ1n) is 5.37. The molecule has 0 aliphatic heterocycles. The first-order chi connectivity index (χ1) is 7.68. The van der Waals surface area contributed by atoms with E-state index in [4.69, 9.17) is 4.42 Å². The Morgan fingerprint density at radius 3 is 2.88 bits per heavy atom. The second-order valence-corrected chi connectivity index (χ2v) is 3.93. The van der Waals surface area contributed by atoms with Crippen molar-refractivity contribution in [3.05, 3.63) is 41.6 Å². The summed E-state index contributed by atoms with van der Waals surface area (Å²) in [6.07, 6.45) is 4.40. The third kappa shape index (κ3) is 2.17. The third-order valence-corrected chi connectivity index (χ3v) is 2.85. The highest BCUT2D eigenvalue weighted by molar-refractivity contribution is 5.18. The lowest BCUT2D eigenvalue weighted by Crippen LogP contribution is -2.03. The van der Waals surface area contributed by atoms with Crippen LogP contribution in [0.15, 0.2) is 29.0 Å². The molecule has 0 saturated carbocycles. The standard InChI is InChI=1S/C12H16N2O2/c1-9-11(6-8-16-9)12(15)4-3-10-5-7-13-14(10)2/h5-8,12,15H,3-4H2,1-2H3. The van der Waals surface area contributed by atoms with Crippen LogP contribution < -0.4 is 0 Å². The van der Waals surface area contributed by atoms with Crippen LogP contribution in [0, 0.1) is 6.92 Å². The van der Waals surface area contributed by atoms with Crippen LogP contribution in [-0.2, 0) is 13.5 Å². The van der Waals surface area contributed by atoms with Gasteiger partial charge in [0, 0.05) is 24.5 Å². The Morgan fingerprint density at radius 1 is 1.50 bits per heavy atom. The number of aromatic nitrogens is 2. The van der Waals surface area contributed by atoms with Gasteiger partial charge in [0.25, 0.3) is 0 Å². The van der Waals surface area contributed by atoms with Crippen molar-refractivity contribution >= 4 is 0 Å². The maximum atomic E-state index is 9.99. The molecule has 86 valence electrons. The van der Waals surface area contributed by atoms with Crippen LogP contribution in [0.25, 0.3) is 0 Å². The van der Waals surface area contributed by atoms with Gasteiger partial charge in [0.15, 0.2) is 0 Å². The lowest BCUT2D eigenvalue weighted by atomic mass is 10.0. The fourth-order valence-corrected chi connectivity index (χ4v) is 1.83. The summed E-state index contributed by atoms with van der Waals surface area (Å²) < 4.78 is 7.00. The Kier molecular flexibility index (Phi) is 3.10. The fourth-order valence-electron chi connectivity index (χ4n) is 1.83. The Bertz CT molecular complexity index is 459. The van der Waals surface area contributed by atoms with E-state index in [0.29, 0.717) is 6.42 Å². The zero-order valence-electron chi connectivity index (χ0n) is 9.55. The van der Waals surface area contributed by atoms with Gasteiger partial charge in [0.2, 0.25) is 0 Å². The third-order valence-electron chi connectivity index (χ3n) is 2.85. The van der Waals surface area contributed by atoms with Gasteiger partial charge in [0.1, 0.15) is 5.76 Å². The molecule has 0 saturated heterocycles. The summed E-state index contributed by atoms with van der Waals surface area (Å²) in [6, 6.07) is 3.79. The molecule has 0 aromatic carbocycles. The molecule has 2 heterocycles. The zero-order valence-corrected chi connectivity index (χ0v) is 9.55. The normalized spacial score (nSPS) is 12.9. The number of aliphatic hydroxyl groups is 1. The molecule has 0 radical (unpaired) electrons. The monoisotopic (exact) mass is 220 g/mol. The molecule has 2 aromatic rings. The minimum atomic E-state index is -0.464. The fraction of sp³-hybridized carbons (Fsp3) is 0.417. The molecule has 0 fully saturated rings. The summed E-state index contributed by atoms with van der Waals surface area (Å²) in [5.74, 6) is 0.789. The molecule has 16 heavy (non-hydrogen) atoms. The van der Waals surface area contributed by atoms with Crippen molar-refractivity contribution in [2.24, 2.45) is 7.05 Å². The quantitative estimate of drug-likeness (QED) is 0.857. The molecule has 1 unspecified atom stereocenters. The van der Waals surface area contributed by atoms with Crippen molar-refractivity contribution in [1.29, 1.82) is 0 Å². The van der Waals surface area contributed by atoms with E-state index in [1.807, 2.05) is 30.8 Å². The smallest absolute Gasteiger partial charge is 0.106 e. The van der Waals surface area contributed by atoms with Crippen LogP contribution in [-0.4, -0.2) is 14.9 Å². The van der Waals surface area contributed by atoms with Gasteiger partial charge < -0.3 is 9.52 Å². The molecule has 1 atom stereocenters. The Hall–Kier alpha value is -1.55. The molecule has 0 spiro atoms. The molecule has 4 nitrogen and oxygen atoms in total. The van der Waals surface area contributed by atoms with E-state index < -0.39 is 6.10 Å². The minimum absolute atomic E-state index is 0.464. The average Bonchev–Trinajstić information content (AvgIpc) is 2.84. The van der Waals surface area contributed by atoms with Gasteiger partial charge in [-0.15, -0.1) is 0 Å². The average molecular weight is 220 g/mol. The van der Waals surface area contributed by atoms with Crippen molar-refractivity contribution in [3.8, 4) is 0 Å². The Labute approximate surface area is 94.5 Å². The molecule has 1 N–H and O–H groups in total. The van der Waals surface area contributed by atoms with Crippen LogP contribution in [0.4, 0.5) is 0 Å². The number of nitrogens with zero attached hydrogens (tertiary/aromatic N) is 2. The van der Waals surface area contributed by atoms with E-state index in [9.17, 15) is 5.11 Å². The zero-order chi connectivity index (χ0) is 11.5. The molecular formula is C12H16N2O2. The van der Waals surface area contributed by atoms with Crippen molar-refractivity contribution in [2.45, 2.75) is 25.9 Å². The van der Waals surface area contributed by atoms with Crippen molar-refractivity contribution in [2.75, 3.05) is 0 Å². The van der Waals surface area contributed by atoms with Crippen LogP contribution in [0.2, 0.25) is 0 Å². The van der Waals surface area contributed by atoms with E-state index in [2.05, 4.69) is 5.10 Å². The number of hydrogen-bond acceptors (Lipinski definition) is 3. The van der Waals surface area contributed by atoms with Gasteiger partial charge in [-0.05, 0) is 31.9 Å². The predicted octanol–water partition coefficient (Wildman–Crippen LogP) is 1.99. The molecule has 2 rings (SSSR count). The lowest BCUT2D eigenvalue weighted by Gasteiger charge is -2.09. The maximum absolute atomic E-state index is 9.99. The van der Waals surface area contributed by atoms with E-state index in [1.54, 1.807) is 12.5 Å². The molecule has 2 aromatic heterocycles. The minimum Gasteiger partial charge on any atom is -0.469 e. The summed E-state index contributed by atoms with van der Waals surface area (Å²) in [6.45, 7) is 1.86. The highest BCUT2D eigenvalue weighted by Crippen LogP contribution is 2.22. The summed E-state index contributed by atoms with van der Waals surface area (Å²) in [4.78, 5) is 0.